The lowest BCUT2D eigenvalue weighted by Crippen LogP contribution is -2.13. The van der Waals surface area contributed by atoms with Crippen molar-refractivity contribution in [3.05, 3.63) is 35.9 Å². The fourth-order valence-electron chi connectivity index (χ4n) is 1.32. The first-order chi connectivity index (χ1) is 7.15. The van der Waals surface area contributed by atoms with E-state index < -0.39 is 0 Å². The standard InChI is InChI=1S/C11H12Br2O2/c1-15-10(14)7-9(11(12)13)8-5-3-2-4-6-8/h2-6,9,11H,7H2,1H3. The Hall–Kier alpha value is -0.350. The molecule has 0 heterocycles. The number of hydrogen-bond donors (Lipinski definition) is 0. The van der Waals surface area contributed by atoms with Crippen LogP contribution in [0.1, 0.15) is 17.9 Å². The summed E-state index contributed by atoms with van der Waals surface area (Å²) in [4.78, 5) is 11.2. The van der Waals surface area contributed by atoms with Crippen LogP contribution in [0.5, 0.6) is 0 Å². The van der Waals surface area contributed by atoms with Gasteiger partial charge in [-0.25, -0.2) is 0 Å². The molecule has 0 aliphatic heterocycles. The molecular weight excluding hydrogens is 324 g/mol. The Morgan fingerprint density at radius 3 is 2.40 bits per heavy atom. The van der Waals surface area contributed by atoms with Crippen molar-refractivity contribution in [2.75, 3.05) is 7.11 Å². The number of methoxy groups -OCH3 is 1. The third-order valence-corrected chi connectivity index (χ3v) is 3.42. The van der Waals surface area contributed by atoms with Gasteiger partial charge in [-0.15, -0.1) is 0 Å². The maximum Gasteiger partial charge on any atom is 0.306 e. The van der Waals surface area contributed by atoms with Crippen LogP contribution in [0.2, 0.25) is 0 Å². The van der Waals surface area contributed by atoms with Crippen molar-refractivity contribution >= 4 is 37.8 Å². The number of ether oxygens (including phenoxy) is 1. The van der Waals surface area contributed by atoms with E-state index in [0.29, 0.717) is 6.42 Å². The quantitative estimate of drug-likeness (QED) is 0.622. The van der Waals surface area contributed by atoms with Crippen LogP contribution >= 0.6 is 31.9 Å². The monoisotopic (exact) mass is 334 g/mol. The zero-order valence-corrected chi connectivity index (χ0v) is 11.5. The fraction of sp³-hybridized carbons (Fsp3) is 0.364. The van der Waals surface area contributed by atoms with Crippen molar-refractivity contribution in [2.45, 2.75) is 16.1 Å². The molecule has 0 saturated carbocycles. The average molecular weight is 336 g/mol. The molecule has 0 N–H and O–H groups in total. The minimum absolute atomic E-state index is 0.0616. The van der Waals surface area contributed by atoms with Crippen molar-refractivity contribution in [3.63, 3.8) is 0 Å². The number of benzene rings is 1. The van der Waals surface area contributed by atoms with Crippen molar-refractivity contribution < 1.29 is 9.53 Å². The maximum atomic E-state index is 11.2. The highest BCUT2D eigenvalue weighted by Gasteiger charge is 2.21. The largest absolute Gasteiger partial charge is 0.469 e. The smallest absolute Gasteiger partial charge is 0.306 e. The Balaban J connectivity index is 2.79. The summed E-state index contributed by atoms with van der Waals surface area (Å²) in [5, 5.41) is 0. The second-order valence-electron chi connectivity index (χ2n) is 3.13. The lowest BCUT2D eigenvalue weighted by molar-refractivity contribution is -0.140. The summed E-state index contributed by atoms with van der Waals surface area (Å²) in [6.07, 6.45) is 0.363. The second kappa shape index (κ2) is 6.28. The molecule has 0 aliphatic carbocycles. The minimum Gasteiger partial charge on any atom is -0.469 e. The molecule has 1 aromatic carbocycles. The van der Waals surface area contributed by atoms with Crippen LogP contribution in [-0.2, 0) is 9.53 Å². The zero-order valence-electron chi connectivity index (χ0n) is 8.32. The first kappa shape index (κ1) is 12.7. The number of esters is 1. The minimum atomic E-state index is -0.201. The molecule has 1 atom stereocenters. The second-order valence-corrected chi connectivity index (χ2v) is 6.33. The van der Waals surface area contributed by atoms with Crippen LogP contribution in [0.15, 0.2) is 30.3 Å². The fourth-order valence-corrected chi connectivity index (χ4v) is 2.30. The first-order valence-electron chi connectivity index (χ1n) is 4.55. The molecule has 0 aromatic heterocycles. The number of halogens is 2. The van der Waals surface area contributed by atoms with Crippen LogP contribution in [-0.4, -0.2) is 16.8 Å². The summed E-state index contributed by atoms with van der Waals surface area (Å²) in [6.45, 7) is 0. The van der Waals surface area contributed by atoms with E-state index in [2.05, 4.69) is 36.6 Å². The number of alkyl halides is 2. The van der Waals surface area contributed by atoms with E-state index in [9.17, 15) is 4.79 Å². The Morgan fingerprint density at radius 1 is 1.33 bits per heavy atom. The van der Waals surface area contributed by atoms with Crippen LogP contribution in [0.25, 0.3) is 0 Å². The molecule has 0 radical (unpaired) electrons. The van der Waals surface area contributed by atoms with Gasteiger partial charge in [0.05, 0.1) is 17.3 Å². The topological polar surface area (TPSA) is 26.3 Å². The number of hydrogen-bond acceptors (Lipinski definition) is 2. The van der Waals surface area contributed by atoms with Crippen molar-refractivity contribution in [3.8, 4) is 0 Å². The van der Waals surface area contributed by atoms with Gasteiger partial charge in [0, 0.05) is 5.92 Å². The Kier molecular flexibility index (Phi) is 5.32. The summed E-state index contributed by atoms with van der Waals surface area (Å²) in [6, 6.07) is 9.88. The molecule has 4 heteroatoms. The molecule has 0 fully saturated rings. The van der Waals surface area contributed by atoms with E-state index in [0.717, 1.165) is 5.56 Å². The summed E-state index contributed by atoms with van der Waals surface area (Å²) >= 11 is 6.89. The highest BCUT2D eigenvalue weighted by Crippen LogP contribution is 2.32. The molecule has 2 nitrogen and oxygen atoms in total. The molecular formula is C11H12Br2O2. The summed E-state index contributed by atoms with van der Waals surface area (Å²) in [5.41, 5.74) is 1.11. The normalized spacial score (nSPS) is 12.5. The lowest BCUT2D eigenvalue weighted by atomic mass is 9.98. The molecule has 1 rings (SSSR count). The van der Waals surface area contributed by atoms with Crippen LogP contribution in [0.3, 0.4) is 0 Å². The molecule has 0 aliphatic rings. The lowest BCUT2D eigenvalue weighted by Gasteiger charge is -2.17. The van der Waals surface area contributed by atoms with Gasteiger partial charge in [-0.3, -0.25) is 4.79 Å². The summed E-state index contributed by atoms with van der Waals surface area (Å²) in [5.74, 6) is -0.119. The molecule has 15 heavy (non-hydrogen) atoms. The highest BCUT2D eigenvalue weighted by atomic mass is 79.9. The van der Waals surface area contributed by atoms with Crippen molar-refractivity contribution in [1.29, 1.82) is 0 Å². The van der Waals surface area contributed by atoms with Gasteiger partial charge in [0.15, 0.2) is 0 Å². The molecule has 0 bridgehead atoms. The van der Waals surface area contributed by atoms with Gasteiger partial charge in [-0.1, -0.05) is 62.2 Å². The van der Waals surface area contributed by atoms with Crippen LogP contribution in [0.4, 0.5) is 0 Å². The predicted octanol–water partition coefficient (Wildman–Crippen LogP) is 3.45. The SMILES string of the molecule is COC(=O)CC(c1ccccc1)C(Br)Br. The number of carbonyl (C=O) groups is 1. The van der Waals surface area contributed by atoms with E-state index in [1.165, 1.54) is 7.11 Å². The summed E-state index contributed by atoms with van der Waals surface area (Å²) in [7, 11) is 1.40. The third-order valence-electron chi connectivity index (χ3n) is 2.15. The van der Waals surface area contributed by atoms with Gasteiger partial charge in [-0.2, -0.15) is 0 Å². The highest BCUT2D eigenvalue weighted by molar-refractivity contribution is 9.24. The Morgan fingerprint density at radius 2 is 1.93 bits per heavy atom. The molecule has 1 aromatic rings. The van der Waals surface area contributed by atoms with E-state index in [-0.39, 0.29) is 15.6 Å². The van der Waals surface area contributed by atoms with Gasteiger partial charge in [0.1, 0.15) is 0 Å². The average Bonchev–Trinajstić information content (AvgIpc) is 2.26. The van der Waals surface area contributed by atoms with Crippen LogP contribution in [0, 0.1) is 0 Å². The Bertz CT molecular complexity index is 312. The van der Waals surface area contributed by atoms with Crippen molar-refractivity contribution in [2.24, 2.45) is 0 Å². The van der Waals surface area contributed by atoms with E-state index in [1.54, 1.807) is 0 Å². The summed E-state index contributed by atoms with van der Waals surface area (Å²) < 4.78 is 4.73. The van der Waals surface area contributed by atoms with E-state index >= 15 is 0 Å². The van der Waals surface area contributed by atoms with Gasteiger partial charge in [0.25, 0.3) is 0 Å². The van der Waals surface area contributed by atoms with Crippen LogP contribution < -0.4 is 0 Å². The molecule has 1 unspecified atom stereocenters. The number of carbonyl (C=O) groups excluding carboxylic acids is 1. The molecule has 0 amide bonds. The van der Waals surface area contributed by atoms with Gasteiger partial charge >= 0.3 is 5.97 Å². The van der Waals surface area contributed by atoms with E-state index in [4.69, 9.17) is 0 Å². The Labute approximate surface area is 106 Å². The number of rotatable bonds is 4. The molecule has 0 saturated heterocycles. The van der Waals surface area contributed by atoms with E-state index in [1.807, 2.05) is 30.3 Å². The molecule has 82 valence electrons. The first-order valence-corrected chi connectivity index (χ1v) is 6.38. The predicted molar refractivity (Wildman–Crippen MR) is 67.5 cm³/mol. The molecule has 0 spiro atoms. The van der Waals surface area contributed by atoms with Gasteiger partial charge in [0.2, 0.25) is 0 Å². The van der Waals surface area contributed by atoms with Gasteiger partial charge < -0.3 is 4.74 Å². The van der Waals surface area contributed by atoms with Gasteiger partial charge in [-0.05, 0) is 5.56 Å². The third kappa shape index (κ3) is 3.95. The maximum absolute atomic E-state index is 11.2. The van der Waals surface area contributed by atoms with Crippen molar-refractivity contribution in [1.82, 2.24) is 0 Å². The zero-order chi connectivity index (χ0) is 11.3.